The minimum atomic E-state index is -5.06. The molecule has 2 aromatic carbocycles. The van der Waals surface area contributed by atoms with Gasteiger partial charge in [0, 0.05) is 30.0 Å². The first-order valence-electron chi connectivity index (χ1n) is 8.88. The largest absolute Gasteiger partial charge is 0.471 e. The first-order chi connectivity index (χ1) is 14.0. The van der Waals surface area contributed by atoms with Crippen LogP contribution in [0.2, 0.25) is 0 Å². The first-order valence-corrected chi connectivity index (χ1v) is 10.4. The number of benzene rings is 2. The maximum absolute atomic E-state index is 12.5. The van der Waals surface area contributed by atoms with Gasteiger partial charge in [-0.15, -0.1) is 0 Å². The topological polar surface area (TPSA) is 95.6 Å². The number of nitrogens with zero attached hydrogens (tertiary/aromatic N) is 1. The molecule has 0 unspecified atom stereocenters. The maximum atomic E-state index is 12.5. The summed E-state index contributed by atoms with van der Waals surface area (Å²) < 4.78 is 64.3. The Kier molecular flexibility index (Phi) is 7.08. The number of hydrogen-bond acceptors (Lipinski definition) is 4. The van der Waals surface area contributed by atoms with Crippen LogP contribution < -0.4 is 10.0 Å². The highest BCUT2D eigenvalue weighted by Gasteiger charge is 2.38. The Labute approximate surface area is 171 Å². The predicted molar refractivity (Wildman–Crippen MR) is 106 cm³/mol. The van der Waals surface area contributed by atoms with E-state index in [2.05, 4.69) is 4.72 Å². The summed E-state index contributed by atoms with van der Waals surface area (Å²) in [5.74, 6) is -2.41. The molecule has 0 heterocycles. The lowest BCUT2D eigenvalue weighted by Crippen LogP contribution is -2.30. The molecule has 2 amide bonds. The maximum Gasteiger partial charge on any atom is 0.471 e. The van der Waals surface area contributed by atoms with Crippen molar-refractivity contribution in [2.24, 2.45) is 0 Å². The standard InChI is InChI=1S/C19H20F3N3O4S/c1-3-25(4-2)17(26)13-6-5-7-15(12-13)24-30(28,29)16-10-8-14(9-11-16)23-18(27)19(20,21)22/h5-12,24H,3-4H2,1-2H3,(H,23,27). The smallest absolute Gasteiger partial charge is 0.339 e. The molecule has 0 aromatic heterocycles. The molecule has 0 spiro atoms. The molecule has 162 valence electrons. The second kappa shape index (κ2) is 9.16. The van der Waals surface area contributed by atoms with Crippen LogP contribution in [0.15, 0.2) is 53.4 Å². The van der Waals surface area contributed by atoms with Crippen LogP contribution in [0.5, 0.6) is 0 Å². The summed E-state index contributed by atoms with van der Waals surface area (Å²) in [6.45, 7) is 4.66. The van der Waals surface area contributed by atoms with E-state index in [9.17, 15) is 31.2 Å². The van der Waals surface area contributed by atoms with Gasteiger partial charge in [-0.2, -0.15) is 13.2 Å². The Balaban J connectivity index is 2.18. The van der Waals surface area contributed by atoms with Crippen LogP contribution in [0.4, 0.5) is 24.5 Å². The molecule has 0 bridgehead atoms. The highest BCUT2D eigenvalue weighted by atomic mass is 32.2. The normalized spacial score (nSPS) is 11.6. The van der Waals surface area contributed by atoms with Crippen LogP contribution in [0.1, 0.15) is 24.2 Å². The van der Waals surface area contributed by atoms with Crippen molar-refractivity contribution in [2.45, 2.75) is 24.9 Å². The molecule has 30 heavy (non-hydrogen) atoms. The fourth-order valence-electron chi connectivity index (χ4n) is 2.54. The number of carbonyl (C=O) groups excluding carboxylic acids is 2. The first kappa shape index (κ1) is 23.2. The Morgan fingerprint density at radius 2 is 1.57 bits per heavy atom. The van der Waals surface area contributed by atoms with Crippen LogP contribution in [0, 0.1) is 0 Å². The molecule has 11 heteroatoms. The van der Waals surface area contributed by atoms with Gasteiger partial charge in [-0.05, 0) is 56.3 Å². The van der Waals surface area contributed by atoms with Crippen molar-refractivity contribution in [3.8, 4) is 0 Å². The summed E-state index contributed by atoms with van der Waals surface area (Å²) in [5, 5.41) is 1.63. The zero-order valence-electron chi connectivity index (χ0n) is 16.2. The molecule has 0 aliphatic heterocycles. The van der Waals surface area contributed by atoms with Crippen molar-refractivity contribution in [1.29, 1.82) is 0 Å². The fraction of sp³-hybridized carbons (Fsp3) is 0.263. The number of anilines is 2. The number of nitrogens with one attached hydrogen (secondary N) is 2. The number of hydrogen-bond donors (Lipinski definition) is 2. The quantitative estimate of drug-likeness (QED) is 0.685. The van der Waals surface area contributed by atoms with Crippen molar-refractivity contribution in [3.63, 3.8) is 0 Å². The van der Waals surface area contributed by atoms with Crippen LogP contribution in [0.3, 0.4) is 0 Å². The van der Waals surface area contributed by atoms with Crippen LogP contribution in [0.25, 0.3) is 0 Å². The molecule has 0 aliphatic rings. The van der Waals surface area contributed by atoms with Crippen molar-refractivity contribution in [2.75, 3.05) is 23.1 Å². The van der Waals surface area contributed by atoms with Crippen LogP contribution >= 0.6 is 0 Å². The summed E-state index contributed by atoms with van der Waals surface area (Å²) in [6.07, 6.45) is -5.06. The summed E-state index contributed by atoms with van der Waals surface area (Å²) in [7, 11) is -4.07. The highest BCUT2D eigenvalue weighted by Crippen LogP contribution is 2.22. The van der Waals surface area contributed by atoms with Gasteiger partial charge in [0.1, 0.15) is 0 Å². The zero-order valence-corrected chi connectivity index (χ0v) is 17.0. The minimum Gasteiger partial charge on any atom is -0.339 e. The van der Waals surface area contributed by atoms with Crippen LogP contribution in [-0.2, 0) is 14.8 Å². The van der Waals surface area contributed by atoms with E-state index in [0.717, 1.165) is 24.3 Å². The van der Waals surface area contributed by atoms with E-state index in [4.69, 9.17) is 0 Å². The van der Waals surface area contributed by atoms with Crippen molar-refractivity contribution >= 4 is 33.2 Å². The number of sulfonamides is 1. The zero-order chi connectivity index (χ0) is 22.5. The summed E-state index contributed by atoms with van der Waals surface area (Å²) in [4.78, 5) is 24.7. The fourth-order valence-corrected chi connectivity index (χ4v) is 3.59. The Hall–Kier alpha value is -3.08. The van der Waals surface area contributed by atoms with E-state index < -0.39 is 22.1 Å². The average Bonchev–Trinajstić information content (AvgIpc) is 2.68. The number of rotatable bonds is 7. The van der Waals surface area contributed by atoms with Gasteiger partial charge in [0.25, 0.3) is 15.9 Å². The van der Waals surface area contributed by atoms with Gasteiger partial charge in [0.05, 0.1) is 4.90 Å². The van der Waals surface area contributed by atoms with E-state index >= 15 is 0 Å². The SMILES string of the molecule is CCN(CC)C(=O)c1cccc(NS(=O)(=O)c2ccc(NC(=O)C(F)(F)F)cc2)c1. The highest BCUT2D eigenvalue weighted by molar-refractivity contribution is 7.92. The van der Waals surface area contributed by atoms with Gasteiger partial charge < -0.3 is 10.2 Å². The van der Waals surface area contributed by atoms with Gasteiger partial charge in [-0.25, -0.2) is 8.42 Å². The van der Waals surface area contributed by atoms with E-state index in [-0.39, 0.29) is 22.2 Å². The molecule has 0 radical (unpaired) electrons. The number of alkyl halides is 3. The second-order valence-electron chi connectivity index (χ2n) is 6.14. The van der Waals surface area contributed by atoms with E-state index in [1.54, 1.807) is 16.3 Å². The lowest BCUT2D eigenvalue weighted by atomic mass is 10.2. The molecule has 0 saturated heterocycles. The Morgan fingerprint density at radius 1 is 0.967 bits per heavy atom. The van der Waals surface area contributed by atoms with Crippen LogP contribution in [-0.4, -0.2) is 44.4 Å². The molecule has 0 fully saturated rings. The third-order valence-corrected chi connectivity index (χ3v) is 5.49. The van der Waals surface area contributed by atoms with E-state index in [1.807, 2.05) is 13.8 Å². The Bertz CT molecular complexity index is 1020. The second-order valence-corrected chi connectivity index (χ2v) is 7.82. The average molecular weight is 443 g/mol. The lowest BCUT2D eigenvalue weighted by Gasteiger charge is -2.19. The Morgan fingerprint density at radius 3 is 2.10 bits per heavy atom. The molecule has 0 aliphatic carbocycles. The molecule has 0 atom stereocenters. The minimum absolute atomic E-state index is 0.155. The van der Waals surface area contributed by atoms with Gasteiger partial charge in [-0.1, -0.05) is 6.07 Å². The predicted octanol–water partition coefficient (Wildman–Crippen LogP) is 3.47. The van der Waals surface area contributed by atoms with Crippen molar-refractivity contribution in [1.82, 2.24) is 4.90 Å². The molecule has 2 N–H and O–H groups in total. The number of halogens is 3. The number of amides is 2. The van der Waals surface area contributed by atoms with Gasteiger partial charge in [0.2, 0.25) is 0 Å². The van der Waals surface area contributed by atoms with Gasteiger partial charge in [-0.3, -0.25) is 14.3 Å². The van der Waals surface area contributed by atoms with E-state index in [0.29, 0.717) is 18.7 Å². The van der Waals surface area contributed by atoms with Gasteiger partial charge in [0.15, 0.2) is 0 Å². The number of carbonyl (C=O) groups is 2. The molecule has 2 rings (SSSR count). The summed E-state index contributed by atoms with van der Waals surface area (Å²) >= 11 is 0. The summed E-state index contributed by atoms with van der Waals surface area (Å²) in [6, 6.07) is 10.2. The third kappa shape index (κ3) is 5.72. The van der Waals surface area contributed by atoms with Gasteiger partial charge >= 0.3 is 12.1 Å². The van der Waals surface area contributed by atoms with E-state index in [1.165, 1.54) is 18.2 Å². The molecular formula is C19H20F3N3O4S. The van der Waals surface area contributed by atoms with Crippen molar-refractivity contribution < 1.29 is 31.2 Å². The molecular weight excluding hydrogens is 423 g/mol. The molecule has 7 nitrogen and oxygen atoms in total. The van der Waals surface area contributed by atoms with Crippen molar-refractivity contribution in [3.05, 3.63) is 54.1 Å². The molecule has 0 saturated carbocycles. The monoisotopic (exact) mass is 443 g/mol. The lowest BCUT2D eigenvalue weighted by molar-refractivity contribution is -0.167. The third-order valence-electron chi connectivity index (χ3n) is 4.09. The summed E-state index contributed by atoms with van der Waals surface area (Å²) in [5.41, 5.74) is 0.259. The molecule has 2 aromatic rings.